The van der Waals surface area contributed by atoms with Crippen molar-refractivity contribution in [2.75, 3.05) is 6.61 Å². The lowest BCUT2D eigenvalue weighted by molar-refractivity contribution is 0.0419. The second-order valence-electron chi connectivity index (χ2n) is 4.36. The van der Waals surface area contributed by atoms with E-state index in [1.165, 1.54) is 12.8 Å². The predicted octanol–water partition coefficient (Wildman–Crippen LogP) is 2.65. The van der Waals surface area contributed by atoms with Crippen LogP contribution in [0.1, 0.15) is 40.0 Å². The highest BCUT2D eigenvalue weighted by molar-refractivity contribution is 7.81. The topological polar surface area (TPSA) is 9.23 Å². The van der Waals surface area contributed by atoms with Gasteiger partial charge in [-0.3, -0.25) is 0 Å². The fraction of sp³-hybridized carbons (Fsp3) is 1.00. The van der Waals surface area contributed by atoms with Crippen LogP contribution in [0.15, 0.2) is 0 Å². The molecule has 66 valence electrons. The summed E-state index contributed by atoms with van der Waals surface area (Å²) in [4.78, 5) is 0. The molecule has 0 aromatic rings. The van der Waals surface area contributed by atoms with Gasteiger partial charge in [-0.25, -0.2) is 0 Å². The van der Waals surface area contributed by atoms with Gasteiger partial charge in [-0.15, -0.1) is 0 Å². The highest BCUT2D eigenvalue weighted by atomic mass is 32.1. The Balaban J connectivity index is 2.05. The van der Waals surface area contributed by atoms with E-state index < -0.39 is 0 Å². The van der Waals surface area contributed by atoms with Crippen LogP contribution < -0.4 is 0 Å². The molecule has 0 aliphatic heterocycles. The molecule has 1 rings (SSSR count). The molecule has 0 atom stereocenters. The van der Waals surface area contributed by atoms with E-state index in [1.807, 2.05) is 0 Å². The summed E-state index contributed by atoms with van der Waals surface area (Å²) in [5, 5.41) is 0. The first kappa shape index (κ1) is 9.40. The molecule has 0 amide bonds. The minimum Gasteiger partial charge on any atom is -0.375 e. The van der Waals surface area contributed by atoms with Gasteiger partial charge in [0.15, 0.2) is 0 Å². The van der Waals surface area contributed by atoms with Gasteiger partial charge in [-0.1, -0.05) is 13.8 Å². The van der Waals surface area contributed by atoms with E-state index in [0.717, 1.165) is 13.0 Å². The lowest BCUT2D eigenvalue weighted by atomic mass is 10.1. The van der Waals surface area contributed by atoms with Gasteiger partial charge in [0.05, 0.1) is 5.60 Å². The summed E-state index contributed by atoms with van der Waals surface area (Å²) < 4.78 is 5.78. The van der Waals surface area contributed by atoms with Crippen molar-refractivity contribution in [3.05, 3.63) is 0 Å². The van der Waals surface area contributed by atoms with E-state index in [9.17, 15) is 0 Å². The molecule has 0 N–H and O–H groups in total. The van der Waals surface area contributed by atoms with Crippen LogP contribution in [0.5, 0.6) is 0 Å². The fourth-order valence-corrected chi connectivity index (χ4v) is 0.959. The van der Waals surface area contributed by atoms with Crippen LogP contribution in [0, 0.1) is 0 Å². The standard InChI is InChI=1S/C9H18OS/c1-8(2,11)6-7-10-9(3)4-5-9/h11H,4-7H2,1-3H3. The maximum absolute atomic E-state index is 5.67. The van der Waals surface area contributed by atoms with Crippen LogP contribution in [0.4, 0.5) is 0 Å². The van der Waals surface area contributed by atoms with E-state index in [1.54, 1.807) is 0 Å². The van der Waals surface area contributed by atoms with Gasteiger partial charge in [-0.2, -0.15) is 12.6 Å². The molecule has 1 nitrogen and oxygen atoms in total. The van der Waals surface area contributed by atoms with Crippen LogP contribution >= 0.6 is 12.6 Å². The maximum atomic E-state index is 5.67. The maximum Gasteiger partial charge on any atom is 0.0656 e. The summed E-state index contributed by atoms with van der Waals surface area (Å²) in [6, 6.07) is 0. The zero-order chi connectivity index (χ0) is 8.54. The van der Waals surface area contributed by atoms with Crippen LogP contribution in [-0.2, 0) is 4.74 Å². The van der Waals surface area contributed by atoms with Gasteiger partial charge >= 0.3 is 0 Å². The van der Waals surface area contributed by atoms with Crippen LogP contribution in [-0.4, -0.2) is 17.0 Å². The predicted molar refractivity (Wildman–Crippen MR) is 51.3 cm³/mol. The summed E-state index contributed by atoms with van der Waals surface area (Å²) in [6.45, 7) is 7.27. The van der Waals surface area contributed by atoms with Crippen molar-refractivity contribution in [2.24, 2.45) is 0 Å². The largest absolute Gasteiger partial charge is 0.375 e. The number of thiol groups is 1. The van der Waals surface area contributed by atoms with E-state index >= 15 is 0 Å². The van der Waals surface area contributed by atoms with Crippen molar-refractivity contribution in [1.29, 1.82) is 0 Å². The Morgan fingerprint density at radius 2 is 2.00 bits per heavy atom. The van der Waals surface area contributed by atoms with E-state index in [0.29, 0.717) is 0 Å². The number of hydrogen-bond acceptors (Lipinski definition) is 2. The Morgan fingerprint density at radius 1 is 1.45 bits per heavy atom. The molecule has 0 unspecified atom stereocenters. The highest BCUT2D eigenvalue weighted by Gasteiger charge is 2.38. The second kappa shape index (κ2) is 2.98. The molecule has 0 aromatic carbocycles. The molecule has 2 heteroatoms. The minimum absolute atomic E-state index is 0.116. The molecule has 1 aliphatic rings. The summed E-state index contributed by atoms with van der Waals surface area (Å²) in [7, 11) is 0. The first-order valence-corrected chi connectivity index (χ1v) is 4.72. The van der Waals surface area contributed by atoms with Gasteiger partial charge in [0.1, 0.15) is 0 Å². The van der Waals surface area contributed by atoms with Crippen LogP contribution in [0.2, 0.25) is 0 Å². The smallest absolute Gasteiger partial charge is 0.0656 e. The van der Waals surface area contributed by atoms with Crippen LogP contribution in [0.3, 0.4) is 0 Å². The van der Waals surface area contributed by atoms with Gasteiger partial charge in [0, 0.05) is 11.4 Å². The van der Waals surface area contributed by atoms with Gasteiger partial charge in [0.2, 0.25) is 0 Å². The Bertz CT molecular complexity index is 128. The molecule has 11 heavy (non-hydrogen) atoms. The fourth-order valence-electron chi connectivity index (χ4n) is 0.868. The number of rotatable bonds is 4. The zero-order valence-corrected chi connectivity index (χ0v) is 8.58. The Labute approximate surface area is 74.9 Å². The van der Waals surface area contributed by atoms with Gasteiger partial charge in [-0.05, 0) is 26.2 Å². The molecular weight excluding hydrogens is 156 g/mol. The lowest BCUT2D eigenvalue weighted by Gasteiger charge is -2.18. The molecule has 0 radical (unpaired) electrons. The highest BCUT2D eigenvalue weighted by Crippen LogP contribution is 2.39. The molecule has 0 heterocycles. The number of ether oxygens (including phenoxy) is 1. The molecule has 0 bridgehead atoms. The SMILES string of the molecule is CC(C)(S)CCOC1(C)CC1. The normalized spacial score (nSPS) is 21.8. The van der Waals surface area contributed by atoms with E-state index in [4.69, 9.17) is 4.74 Å². The average molecular weight is 174 g/mol. The average Bonchev–Trinajstić information content (AvgIpc) is 2.44. The number of hydrogen-bond donors (Lipinski definition) is 1. The summed E-state index contributed by atoms with van der Waals surface area (Å²) in [5.41, 5.74) is 0.235. The van der Waals surface area contributed by atoms with Crippen molar-refractivity contribution in [3.63, 3.8) is 0 Å². The first-order valence-electron chi connectivity index (χ1n) is 4.28. The lowest BCUT2D eigenvalue weighted by Crippen LogP contribution is -2.17. The van der Waals surface area contributed by atoms with Crippen molar-refractivity contribution < 1.29 is 4.74 Å². The summed E-state index contributed by atoms with van der Waals surface area (Å²) >= 11 is 4.42. The molecular formula is C9H18OS. The molecule has 1 fully saturated rings. The molecule has 0 saturated heterocycles. The van der Waals surface area contributed by atoms with Crippen molar-refractivity contribution >= 4 is 12.6 Å². The van der Waals surface area contributed by atoms with Gasteiger partial charge in [0.25, 0.3) is 0 Å². The third-order valence-corrected chi connectivity index (χ3v) is 2.34. The van der Waals surface area contributed by atoms with Gasteiger partial charge < -0.3 is 4.74 Å². The summed E-state index contributed by atoms with van der Waals surface area (Å²) in [6.07, 6.45) is 3.51. The first-order chi connectivity index (χ1) is 4.91. The quantitative estimate of drug-likeness (QED) is 0.645. The second-order valence-corrected chi connectivity index (χ2v) is 5.57. The third kappa shape index (κ3) is 4.02. The van der Waals surface area contributed by atoms with Crippen molar-refractivity contribution in [1.82, 2.24) is 0 Å². The van der Waals surface area contributed by atoms with E-state index in [2.05, 4.69) is 33.4 Å². The Hall–Kier alpha value is 0.310. The Morgan fingerprint density at radius 3 is 2.36 bits per heavy atom. The van der Waals surface area contributed by atoms with Crippen molar-refractivity contribution in [3.8, 4) is 0 Å². The third-order valence-electron chi connectivity index (χ3n) is 2.12. The molecule has 0 spiro atoms. The van der Waals surface area contributed by atoms with E-state index in [-0.39, 0.29) is 10.3 Å². The molecule has 0 aromatic heterocycles. The monoisotopic (exact) mass is 174 g/mol. The Kier molecular flexibility index (Phi) is 2.55. The molecule has 1 aliphatic carbocycles. The van der Waals surface area contributed by atoms with Crippen LogP contribution in [0.25, 0.3) is 0 Å². The molecule has 1 saturated carbocycles. The zero-order valence-electron chi connectivity index (χ0n) is 7.68. The minimum atomic E-state index is 0.116. The summed E-state index contributed by atoms with van der Waals surface area (Å²) in [5.74, 6) is 0. The van der Waals surface area contributed by atoms with Crippen molar-refractivity contribution in [2.45, 2.75) is 50.4 Å².